The molecule has 2 amide bonds. The summed E-state index contributed by atoms with van der Waals surface area (Å²) in [6.07, 6.45) is 26.9. The zero-order valence-electron chi connectivity index (χ0n) is 27.3. The quantitative estimate of drug-likeness (QED) is 0.0878. The highest BCUT2D eigenvalue weighted by atomic mass is 16.5. The van der Waals surface area contributed by atoms with Crippen LogP contribution in [-0.4, -0.2) is 38.1 Å². The second kappa shape index (κ2) is 28.9. The molecule has 0 saturated heterocycles. The van der Waals surface area contributed by atoms with Crippen LogP contribution in [0, 0.1) is 0 Å². The largest absolute Gasteiger partial charge is 0.490 e. The summed E-state index contributed by atoms with van der Waals surface area (Å²) < 4.78 is 11.6. The van der Waals surface area contributed by atoms with Crippen LogP contribution in [0.5, 0.6) is 11.5 Å². The maximum absolute atomic E-state index is 12.2. The maximum atomic E-state index is 12.2. The van der Waals surface area contributed by atoms with Crippen LogP contribution in [0.4, 0.5) is 0 Å². The summed E-state index contributed by atoms with van der Waals surface area (Å²) in [5.74, 6) is 1.21. The first-order valence-corrected chi connectivity index (χ1v) is 17.5. The van der Waals surface area contributed by atoms with Crippen molar-refractivity contribution in [3.05, 3.63) is 24.3 Å². The lowest BCUT2D eigenvalue weighted by Crippen LogP contribution is -2.29. The highest BCUT2D eigenvalue weighted by Crippen LogP contribution is 2.26. The SMILES string of the molecule is CCCCCCCCCCCCNC(=O)COc1ccccc1OCCCNC(=O)CCCCCCCCCCCC. The van der Waals surface area contributed by atoms with Crippen LogP contribution < -0.4 is 20.1 Å². The third kappa shape index (κ3) is 23.3. The first-order chi connectivity index (χ1) is 20.7. The third-order valence-electron chi connectivity index (χ3n) is 7.72. The van der Waals surface area contributed by atoms with Gasteiger partial charge < -0.3 is 20.1 Å². The molecule has 6 heteroatoms. The molecule has 0 fully saturated rings. The van der Waals surface area contributed by atoms with E-state index in [1.54, 1.807) is 0 Å². The van der Waals surface area contributed by atoms with Gasteiger partial charge in [0.1, 0.15) is 0 Å². The molecule has 2 N–H and O–H groups in total. The Morgan fingerprint density at radius 2 is 0.952 bits per heavy atom. The van der Waals surface area contributed by atoms with Gasteiger partial charge in [-0.25, -0.2) is 0 Å². The second-order valence-corrected chi connectivity index (χ2v) is 11.8. The number of hydrogen-bond donors (Lipinski definition) is 2. The van der Waals surface area contributed by atoms with Crippen LogP contribution in [0.2, 0.25) is 0 Å². The first kappa shape index (κ1) is 37.8. The number of benzene rings is 1. The number of carbonyl (C=O) groups is 2. The Bertz CT molecular complexity index is 771. The van der Waals surface area contributed by atoms with Crippen LogP contribution in [0.3, 0.4) is 0 Å². The molecule has 0 atom stereocenters. The van der Waals surface area contributed by atoms with Crippen molar-refractivity contribution in [1.82, 2.24) is 10.6 Å². The molecule has 0 aromatic heterocycles. The van der Waals surface area contributed by atoms with Gasteiger partial charge in [-0.1, -0.05) is 142 Å². The number of rotatable bonds is 30. The van der Waals surface area contributed by atoms with Crippen molar-refractivity contribution in [2.24, 2.45) is 0 Å². The fourth-order valence-corrected chi connectivity index (χ4v) is 5.07. The number of amides is 2. The smallest absolute Gasteiger partial charge is 0.257 e. The minimum absolute atomic E-state index is 0.0207. The Hall–Kier alpha value is -2.24. The fraction of sp³-hybridized carbons (Fsp3) is 0.778. The van der Waals surface area contributed by atoms with E-state index in [4.69, 9.17) is 9.47 Å². The van der Waals surface area contributed by atoms with Crippen molar-refractivity contribution in [3.8, 4) is 11.5 Å². The van der Waals surface area contributed by atoms with Gasteiger partial charge >= 0.3 is 0 Å². The predicted octanol–water partition coefficient (Wildman–Crippen LogP) is 9.30. The lowest BCUT2D eigenvalue weighted by Gasteiger charge is -2.13. The van der Waals surface area contributed by atoms with Gasteiger partial charge in [0.2, 0.25) is 5.91 Å². The number of unbranched alkanes of at least 4 members (excludes halogenated alkanes) is 18. The van der Waals surface area contributed by atoms with E-state index >= 15 is 0 Å². The van der Waals surface area contributed by atoms with Crippen LogP contribution in [-0.2, 0) is 9.59 Å². The van der Waals surface area contributed by atoms with E-state index in [9.17, 15) is 9.59 Å². The monoisotopic (exact) mass is 588 g/mol. The van der Waals surface area contributed by atoms with Crippen molar-refractivity contribution in [2.45, 2.75) is 155 Å². The molecule has 0 unspecified atom stereocenters. The van der Waals surface area contributed by atoms with Crippen molar-refractivity contribution in [3.63, 3.8) is 0 Å². The first-order valence-electron chi connectivity index (χ1n) is 17.5. The van der Waals surface area contributed by atoms with Gasteiger partial charge in [-0.05, 0) is 31.4 Å². The lowest BCUT2D eigenvalue weighted by atomic mass is 10.1. The number of carbonyl (C=O) groups excluding carboxylic acids is 2. The summed E-state index contributed by atoms with van der Waals surface area (Å²) in [7, 11) is 0. The number of ether oxygens (including phenoxy) is 2. The Labute approximate surface area is 258 Å². The van der Waals surface area contributed by atoms with E-state index in [1.807, 2.05) is 24.3 Å². The summed E-state index contributed by atoms with van der Waals surface area (Å²) >= 11 is 0. The van der Waals surface area contributed by atoms with E-state index in [0.29, 0.717) is 37.6 Å². The molecular weight excluding hydrogens is 524 g/mol. The zero-order valence-corrected chi connectivity index (χ0v) is 27.3. The molecule has 0 heterocycles. The molecule has 0 saturated carbocycles. The highest BCUT2D eigenvalue weighted by Gasteiger charge is 2.08. The van der Waals surface area contributed by atoms with E-state index < -0.39 is 0 Å². The van der Waals surface area contributed by atoms with Gasteiger partial charge in [-0.15, -0.1) is 0 Å². The number of hydrogen-bond acceptors (Lipinski definition) is 4. The molecule has 1 aromatic carbocycles. The Morgan fingerprint density at radius 1 is 0.524 bits per heavy atom. The molecule has 0 radical (unpaired) electrons. The summed E-state index contributed by atoms with van der Waals surface area (Å²) in [5, 5.41) is 5.96. The van der Waals surface area contributed by atoms with E-state index in [2.05, 4.69) is 24.5 Å². The Morgan fingerprint density at radius 3 is 1.50 bits per heavy atom. The molecule has 6 nitrogen and oxygen atoms in total. The Balaban J connectivity index is 2.03. The minimum Gasteiger partial charge on any atom is -0.490 e. The molecular formula is C36H64N2O4. The number of para-hydroxylation sites is 2. The molecule has 242 valence electrons. The summed E-state index contributed by atoms with van der Waals surface area (Å²) in [4.78, 5) is 24.3. The standard InChI is InChI=1S/C36H64N2O4/c1-3-5-7-9-11-13-15-17-19-21-28-35(39)37-30-25-31-41-33-26-22-23-27-34(33)42-32-36(40)38-29-24-20-18-16-14-12-10-8-6-4-2/h22-23,26-27H,3-21,24-25,28-32H2,1-2H3,(H,37,39)(H,38,40). The van der Waals surface area contributed by atoms with Crippen molar-refractivity contribution in [2.75, 3.05) is 26.3 Å². The summed E-state index contributed by atoms with van der Waals surface area (Å²) in [6.45, 7) is 6.26. The molecule has 0 aliphatic heterocycles. The van der Waals surface area contributed by atoms with Crippen molar-refractivity contribution in [1.29, 1.82) is 0 Å². The van der Waals surface area contributed by atoms with Crippen molar-refractivity contribution < 1.29 is 19.1 Å². The second-order valence-electron chi connectivity index (χ2n) is 11.8. The van der Waals surface area contributed by atoms with Crippen LogP contribution in [0.15, 0.2) is 24.3 Å². The van der Waals surface area contributed by atoms with Crippen LogP contribution in [0.1, 0.15) is 155 Å². The molecule has 0 aliphatic rings. The molecule has 1 rings (SSSR count). The molecule has 0 aliphatic carbocycles. The normalized spacial score (nSPS) is 10.9. The van der Waals surface area contributed by atoms with Gasteiger partial charge in [0, 0.05) is 19.5 Å². The van der Waals surface area contributed by atoms with Crippen molar-refractivity contribution >= 4 is 11.8 Å². The minimum atomic E-state index is -0.106. The van der Waals surface area contributed by atoms with Gasteiger partial charge in [-0.2, -0.15) is 0 Å². The maximum Gasteiger partial charge on any atom is 0.257 e. The average molecular weight is 589 g/mol. The summed E-state index contributed by atoms with van der Waals surface area (Å²) in [5.41, 5.74) is 0. The molecule has 0 bridgehead atoms. The van der Waals surface area contributed by atoms with Crippen LogP contribution in [0.25, 0.3) is 0 Å². The average Bonchev–Trinajstić information content (AvgIpc) is 3.00. The highest BCUT2D eigenvalue weighted by molar-refractivity contribution is 5.77. The molecule has 0 spiro atoms. The third-order valence-corrected chi connectivity index (χ3v) is 7.72. The fourth-order valence-electron chi connectivity index (χ4n) is 5.07. The van der Waals surface area contributed by atoms with Gasteiger partial charge in [0.05, 0.1) is 6.61 Å². The molecule has 1 aromatic rings. The van der Waals surface area contributed by atoms with E-state index in [-0.39, 0.29) is 18.4 Å². The van der Waals surface area contributed by atoms with E-state index in [0.717, 1.165) is 32.1 Å². The predicted molar refractivity (Wildman–Crippen MR) is 176 cm³/mol. The zero-order chi connectivity index (χ0) is 30.4. The lowest BCUT2D eigenvalue weighted by molar-refractivity contribution is -0.123. The van der Waals surface area contributed by atoms with Gasteiger partial charge in [0.15, 0.2) is 18.1 Å². The van der Waals surface area contributed by atoms with Gasteiger partial charge in [-0.3, -0.25) is 9.59 Å². The number of nitrogens with one attached hydrogen (secondary N) is 2. The summed E-state index contributed by atoms with van der Waals surface area (Å²) in [6, 6.07) is 7.43. The van der Waals surface area contributed by atoms with E-state index in [1.165, 1.54) is 103 Å². The molecule has 42 heavy (non-hydrogen) atoms. The van der Waals surface area contributed by atoms with Crippen LogP contribution >= 0.6 is 0 Å². The topological polar surface area (TPSA) is 76.7 Å². The Kier molecular flexibility index (Phi) is 26.0. The van der Waals surface area contributed by atoms with Gasteiger partial charge in [0.25, 0.3) is 5.91 Å².